The molecule has 184 valence electrons. The molecule has 2 aliphatic rings. The Morgan fingerprint density at radius 1 is 1.00 bits per heavy atom. The summed E-state index contributed by atoms with van der Waals surface area (Å²) in [6.07, 6.45) is 6.66. The molecule has 1 aromatic carbocycles. The minimum absolute atomic E-state index is 0.0200. The summed E-state index contributed by atoms with van der Waals surface area (Å²) >= 11 is 0. The molecule has 1 saturated heterocycles. The van der Waals surface area contributed by atoms with Crippen LogP contribution in [0.3, 0.4) is 0 Å². The summed E-state index contributed by atoms with van der Waals surface area (Å²) in [4.78, 5) is 20.2. The van der Waals surface area contributed by atoms with E-state index in [0.717, 1.165) is 49.9 Å². The number of aryl methyl sites for hydroxylation is 1. The molecule has 2 aromatic heterocycles. The lowest BCUT2D eigenvalue weighted by molar-refractivity contribution is 0.0886. The van der Waals surface area contributed by atoms with Gasteiger partial charge in [0.1, 0.15) is 6.54 Å². The smallest absolute Gasteiger partial charge is 0.329 e. The van der Waals surface area contributed by atoms with Gasteiger partial charge in [0.2, 0.25) is 5.89 Å². The molecule has 3 aromatic rings. The molecule has 5 rings (SSSR count). The first-order chi connectivity index (χ1) is 16.3. The molecular formula is C25H33F2N5O2. The number of nitrogens with zero attached hydrogens (tertiary/aromatic N) is 5. The highest BCUT2D eigenvalue weighted by molar-refractivity contribution is 5.76. The average Bonchev–Trinajstić information content (AvgIpc) is 3.35. The minimum atomic E-state index is -0.980. The third-order valence-electron chi connectivity index (χ3n) is 7.93. The van der Waals surface area contributed by atoms with Gasteiger partial charge in [0.05, 0.1) is 11.0 Å². The molecular weight excluding hydrogens is 440 g/mol. The van der Waals surface area contributed by atoms with Gasteiger partial charge >= 0.3 is 5.69 Å². The van der Waals surface area contributed by atoms with Crippen LogP contribution in [0.5, 0.6) is 0 Å². The first-order valence-corrected chi connectivity index (χ1v) is 12.4. The third-order valence-corrected chi connectivity index (χ3v) is 7.93. The van der Waals surface area contributed by atoms with Gasteiger partial charge in [-0.3, -0.25) is 9.13 Å². The van der Waals surface area contributed by atoms with Gasteiger partial charge < -0.3 is 9.42 Å². The number of benzene rings is 1. The Balaban J connectivity index is 1.38. The van der Waals surface area contributed by atoms with E-state index in [4.69, 9.17) is 4.52 Å². The van der Waals surface area contributed by atoms with Crippen LogP contribution in [0.15, 0.2) is 21.5 Å². The zero-order chi connectivity index (χ0) is 24.0. The number of hydrogen-bond donors (Lipinski definition) is 0. The van der Waals surface area contributed by atoms with Gasteiger partial charge in [0.15, 0.2) is 17.5 Å². The Morgan fingerprint density at radius 3 is 2.24 bits per heavy atom. The van der Waals surface area contributed by atoms with Gasteiger partial charge in [-0.25, -0.2) is 13.6 Å². The topological polar surface area (TPSA) is 69.1 Å². The number of aromatic nitrogens is 4. The number of rotatable bonds is 5. The summed E-state index contributed by atoms with van der Waals surface area (Å²) in [6.45, 7) is 8.17. The molecule has 34 heavy (non-hydrogen) atoms. The maximum Gasteiger partial charge on any atom is 0.329 e. The van der Waals surface area contributed by atoms with Gasteiger partial charge in [-0.15, -0.1) is 0 Å². The molecule has 0 atom stereocenters. The largest absolute Gasteiger partial charge is 0.337 e. The highest BCUT2D eigenvalue weighted by Gasteiger charge is 2.32. The maximum atomic E-state index is 14.2. The fourth-order valence-corrected chi connectivity index (χ4v) is 5.96. The number of likely N-dealkylation sites (tertiary alicyclic amines) is 1. The maximum absolute atomic E-state index is 14.2. The van der Waals surface area contributed by atoms with Crippen LogP contribution in [0.2, 0.25) is 0 Å². The minimum Gasteiger partial charge on any atom is -0.337 e. The van der Waals surface area contributed by atoms with Gasteiger partial charge in [-0.2, -0.15) is 4.98 Å². The highest BCUT2D eigenvalue weighted by Crippen LogP contribution is 2.35. The summed E-state index contributed by atoms with van der Waals surface area (Å²) in [5.41, 5.74) is 0.456. The number of piperidine rings is 1. The standard InChI is InChI=1S/C25H33F2N5O2/c1-15(2)17-4-6-18(7-5-17)30-10-8-19(9-11-30)32-23-13-21(27)20(26)12-22(23)31(25(32)33)14-24-28-16(3)29-34-24/h12-13,15,17-19H,4-11,14H2,1-3H3. The van der Waals surface area contributed by atoms with Crippen molar-refractivity contribution in [3.05, 3.63) is 46.0 Å². The molecule has 9 heteroatoms. The molecule has 0 bridgehead atoms. The quantitative estimate of drug-likeness (QED) is 0.539. The fourth-order valence-electron chi connectivity index (χ4n) is 5.96. The molecule has 1 saturated carbocycles. The first-order valence-electron chi connectivity index (χ1n) is 12.4. The van der Waals surface area contributed by atoms with Gasteiger partial charge in [-0.05, 0) is 57.3 Å². The van der Waals surface area contributed by atoms with Gasteiger partial charge in [0.25, 0.3) is 0 Å². The molecule has 0 spiro atoms. The zero-order valence-electron chi connectivity index (χ0n) is 20.1. The van der Waals surface area contributed by atoms with Crippen LogP contribution >= 0.6 is 0 Å². The average molecular weight is 474 g/mol. The second-order valence-corrected chi connectivity index (χ2v) is 10.3. The van der Waals surface area contributed by atoms with Crippen molar-refractivity contribution in [1.82, 2.24) is 24.2 Å². The molecule has 0 amide bonds. The molecule has 2 fully saturated rings. The van der Waals surface area contributed by atoms with Crippen LogP contribution in [-0.4, -0.2) is 43.3 Å². The molecule has 1 aliphatic heterocycles. The van der Waals surface area contributed by atoms with Crippen LogP contribution in [-0.2, 0) is 6.54 Å². The van der Waals surface area contributed by atoms with Crippen LogP contribution in [0.1, 0.15) is 70.1 Å². The SMILES string of the molecule is Cc1noc(Cn2c(=O)n(C3CCN(C4CCC(C(C)C)CC4)CC3)c3cc(F)c(F)cc32)n1. The monoisotopic (exact) mass is 473 g/mol. The van der Waals surface area contributed by atoms with E-state index in [-0.39, 0.29) is 24.2 Å². The van der Waals surface area contributed by atoms with Crippen molar-refractivity contribution in [2.24, 2.45) is 11.8 Å². The highest BCUT2D eigenvalue weighted by atomic mass is 19.2. The summed E-state index contributed by atoms with van der Waals surface area (Å²) in [5.74, 6) is 0.362. The summed E-state index contributed by atoms with van der Waals surface area (Å²) in [6, 6.07) is 2.78. The van der Waals surface area contributed by atoms with E-state index in [1.807, 2.05) is 0 Å². The van der Waals surface area contributed by atoms with E-state index in [1.165, 1.54) is 30.3 Å². The van der Waals surface area contributed by atoms with E-state index in [2.05, 4.69) is 28.9 Å². The van der Waals surface area contributed by atoms with E-state index in [9.17, 15) is 13.6 Å². The Hall–Kier alpha value is -2.55. The molecule has 7 nitrogen and oxygen atoms in total. The van der Waals surface area contributed by atoms with Crippen molar-refractivity contribution < 1.29 is 13.3 Å². The number of hydrogen-bond acceptors (Lipinski definition) is 5. The molecule has 0 N–H and O–H groups in total. The molecule has 3 heterocycles. The summed E-state index contributed by atoms with van der Waals surface area (Å²) in [7, 11) is 0. The summed E-state index contributed by atoms with van der Waals surface area (Å²) in [5, 5.41) is 3.77. The van der Waals surface area contributed by atoms with E-state index in [1.54, 1.807) is 11.5 Å². The van der Waals surface area contributed by atoms with E-state index in [0.29, 0.717) is 22.9 Å². The second-order valence-electron chi connectivity index (χ2n) is 10.3. The fraction of sp³-hybridized carbons (Fsp3) is 0.640. The van der Waals surface area contributed by atoms with Crippen molar-refractivity contribution in [2.45, 2.75) is 77.9 Å². The lowest BCUT2D eigenvalue weighted by atomic mass is 9.79. The Labute approximate surface area is 197 Å². The molecule has 0 unspecified atom stereocenters. The van der Waals surface area contributed by atoms with Gasteiger partial charge in [0, 0.05) is 37.3 Å². The van der Waals surface area contributed by atoms with Crippen LogP contribution in [0.25, 0.3) is 11.0 Å². The normalized spacial score (nSPS) is 22.8. The molecule has 0 radical (unpaired) electrons. The third kappa shape index (κ3) is 4.30. The number of halogens is 2. The Kier molecular flexibility index (Phi) is 6.31. The van der Waals surface area contributed by atoms with Crippen molar-refractivity contribution in [2.75, 3.05) is 13.1 Å². The number of imidazole rings is 1. The first kappa shape index (κ1) is 23.2. The van der Waals surface area contributed by atoms with Crippen LogP contribution in [0, 0.1) is 30.4 Å². The molecule has 1 aliphatic carbocycles. The van der Waals surface area contributed by atoms with Crippen molar-refractivity contribution in [1.29, 1.82) is 0 Å². The Bertz CT molecular complexity index is 1210. The zero-order valence-corrected chi connectivity index (χ0v) is 20.1. The predicted octanol–water partition coefficient (Wildman–Crippen LogP) is 4.67. The lowest BCUT2D eigenvalue weighted by Gasteiger charge is -2.41. The lowest BCUT2D eigenvalue weighted by Crippen LogP contribution is -2.44. The second kappa shape index (κ2) is 9.24. The van der Waals surface area contributed by atoms with Gasteiger partial charge in [-0.1, -0.05) is 19.0 Å². The van der Waals surface area contributed by atoms with Crippen molar-refractivity contribution in [3.63, 3.8) is 0 Å². The van der Waals surface area contributed by atoms with Crippen molar-refractivity contribution in [3.8, 4) is 0 Å². The number of fused-ring (bicyclic) bond motifs is 1. The predicted molar refractivity (Wildman–Crippen MR) is 125 cm³/mol. The van der Waals surface area contributed by atoms with E-state index < -0.39 is 11.6 Å². The summed E-state index contributed by atoms with van der Waals surface area (Å²) < 4.78 is 36.6. The van der Waals surface area contributed by atoms with E-state index >= 15 is 0 Å². The van der Waals surface area contributed by atoms with Crippen LogP contribution in [0.4, 0.5) is 8.78 Å². The Morgan fingerprint density at radius 2 is 1.65 bits per heavy atom. The van der Waals surface area contributed by atoms with Crippen molar-refractivity contribution >= 4 is 11.0 Å². The van der Waals surface area contributed by atoms with Crippen LogP contribution < -0.4 is 5.69 Å².